The first-order valence-corrected chi connectivity index (χ1v) is 11.6. The van der Waals surface area contributed by atoms with E-state index in [1.807, 2.05) is 36.1 Å². The van der Waals surface area contributed by atoms with E-state index < -0.39 is 0 Å². The molecule has 32 heavy (non-hydrogen) atoms. The largest absolute Gasteiger partial charge is 0.497 e. The van der Waals surface area contributed by atoms with E-state index in [9.17, 15) is 9.59 Å². The van der Waals surface area contributed by atoms with Gasteiger partial charge in [-0.3, -0.25) is 9.59 Å². The summed E-state index contributed by atoms with van der Waals surface area (Å²) in [6.45, 7) is 3.67. The van der Waals surface area contributed by atoms with Crippen molar-refractivity contribution < 1.29 is 18.8 Å². The Morgan fingerprint density at radius 3 is 2.75 bits per heavy atom. The van der Waals surface area contributed by atoms with Gasteiger partial charge in [0.15, 0.2) is 5.82 Å². The van der Waals surface area contributed by atoms with Gasteiger partial charge in [-0.2, -0.15) is 4.98 Å². The van der Waals surface area contributed by atoms with Gasteiger partial charge in [-0.05, 0) is 37.5 Å². The number of hydrogen-bond donors (Lipinski definition) is 0. The SMILES string of the molecule is COc1cccc(-c2nc(CC(=O)N3CCN(C(=O)CCC4CCCC4)C(C)C3)no2)c1. The summed E-state index contributed by atoms with van der Waals surface area (Å²) in [6.07, 6.45) is 6.84. The summed E-state index contributed by atoms with van der Waals surface area (Å²) in [5, 5.41) is 3.97. The molecular formula is C24H32N4O4. The summed E-state index contributed by atoms with van der Waals surface area (Å²) in [4.78, 5) is 33.6. The van der Waals surface area contributed by atoms with Crippen molar-refractivity contribution in [3.8, 4) is 17.2 Å². The van der Waals surface area contributed by atoms with Gasteiger partial charge >= 0.3 is 0 Å². The van der Waals surface area contributed by atoms with Crippen molar-refractivity contribution in [1.82, 2.24) is 19.9 Å². The molecule has 4 rings (SSSR count). The van der Waals surface area contributed by atoms with Gasteiger partial charge in [-0.1, -0.05) is 36.9 Å². The lowest BCUT2D eigenvalue weighted by Crippen LogP contribution is -2.55. The number of carbonyl (C=O) groups is 2. The van der Waals surface area contributed by atoms with Gasteiger partial charge in [0.1, 0.15) is 5.75 Å². The molecule has 2 aliphatic rings. The molecule has 0 N–H and O–H groups in total. The molecule has 1 unspecified atom stereocenters. The fourth-order valence-electron chi connectivity index (χ4n) is 4.77. The Hall–Kier alpha value is -2.90. The molecule has 2 heterocycles. The van der Waals surface area contributed by atoms with Crippen molar-refractivity contribution >= 4 is 11.8 Å². The fraction of sp³-hybridized carbons (Fsp3) is 0.583. The van der Waals surface area contributed by atoms with Crippen molar-refractivity contribution in [2.45, 2.75) is 57.9 Å². The number of carbonyl (C=O) groups excluding carboxylic acids is 2. The lowest BCUT2D eigenvalue weighted by molar-refractivity contribution is -0.142. The number of rotatable bonds is 7. The van der Waals surface area contributed by atoms with E-state index in [1.165, 1.54) is 25.7 Å². The Balaban J connectivity index is 1.28. The van der Waals surface area contributed by atoms with Crippen molar-refractivity contribution in [3.05, 3.63) is 30.1 Å². The minimum absolute atomic E-state index is 0.0152. The van der Waals surface area contributed by atoms with Gasteiger partial charge in [0.2, 0.25) is 11.8 Å². The van der Waals surface area contributed by atoms with Gasteiger partial charge in [0, 0.05) is 37.7 Å². The fourth-order valence-corrected chi connectivity index (χ4v) is 4.77. The molecule has 2 fully saturated rings. The summed E-state index contributed by atoms with van der Waals surface area (Å²) < 4.78 is 10.6. The third-order valence-corrected chi connectivity index (χ3v) is 6.64. The monoisotopic (exact) mass is 440 g/mol. The molecule has 1 aliphatic carbocycles. The highest BCUT2D eigenvalue weighted by Gasteiger charge is 2.30. The van der Waals surface area contributed by atoms with Crippen LogP contribution in [0.4, 0.5) is 0 Å². The summed E-state index contributed by atoms with van der Waals surface area (Å²) in [6, 6.07) is 7.36. The molecule has 1 aromatic heterocycles. The second kappa shape index (κ2) is 10.1. The Bertz CT molecular complexity index is 938. The van der Waals surface area contributed by atoms with Crippen molar-refractivity contribution in [1.29, 1.82) is 0 Å². The third kappa shape index (κ3) is 5.29. The lowest BCUT2D eigenvalue weighted by Gasteiger charge is -2.40. The van der Waals surface area contributed by atoms with Crippen molar-refractivity contribution in [2.24, 2.45) is 5.92 Å². The Labute approximate surface area is 188 Å². The number of benzene rings is 1. The van der Waals surface area contributed by atoms with E-state index in [2.05, 4.69) is 10.1 Å². The number of hydrogen-bond acceptors (Lipinski definition) is 6. The van der Waals surface area contributed by atoms with Crippen molar-refractivity contribution in [2.75, 3.05) is 26.7 Å². The van der Waals surface area contributed by atoms with Crippen LogP contribution >= 0.6 is 0 Å². The van der Waals surface area contributed by atoms with Crippen LogP contribution in [-0.4, -0.2) is 64.5 Å². The topological polar surface area (TPSA) is 88.8 Å². The molecular weight excluding hydrogens is 408 g/mol. The van der Waals surface area contributed by atoms with Crippen LogP contribution in [0.2, 0.25) is 0 Å². The maximum atomic E-state index is 12.8. The highest BCUT2D eigenvalue weighted by Crippen LogP contribution is 2.29. The maximum absolute atomic E-state index is 12.8. The molecule has 172 valence electrons. The zero-order chi connectivity index (χ0) is 22.5. The molecule has 0 spiro atoms. The van der Waals surface area contributed by atoms with Gasteiger partial charge in [0.05, 0.1) is 13.5 Å². The van der Waals surface area contributed by atoms with Crippen LogP contribution in [-0.2, 0) is 16.0 Å². The molecule has 1 atom stereocenters. The highest BCUT2D eigenvalue weighted by atomic mass is 16.5. The molecule has 0 bridgehead atoms. The second-order valence-electron chi connectivity index (χ2n) is 8.89. The van der Waals surface area contributed by atoms with E-state index in [-0.39, 0.29) is 24.3 Å². The zero-order valence-corrected chi connectivity index (χ0v) is 19.0. The number of aromatic nitrogens is 2. The molecule has 1 saturated heterocycles. The van der Waals surface area contributed by atoms with E-state index in [0.717, 1.165) is 12.0 Å². The molecule has 8 heteroatoms. The minimum Gasteiger partial charge on any atom is -0.497 e. The summed E-state index contributed by atoms with van der Waals surface area (Å²) in [7, 11) is 1.60. The zero-order valence-electron chi connectivity index (χ0n) is 19.0. The summed E-state index contributed by atoms with van der Waals surface area (Å²) in [5.74, 6) is 2.30. The first-order chi connectivity index (χ1) is 15.5. The van der Waals surface area contributed by atoms with Gasteiger partial charge in [-0.25, -0.2) is 0 Å². The predicted octanol–water partition coefficient (Wildman–Crippen LogP) is 3.32. The minimum atomic E-state index is -0.0482. The van der Waals surface area contributed by atoms with E-state index >= 15 is 0 Å². The van der Waals surface area contributed by atoms with Crippen LogP contribution in [0.3, 0.4) is 0 Å². The standard InChI is InChI=1S/C24H32N4O4/c1-17-16-27(12-13-28(17)22(29)11-10-18-6-3-4-7-18)23(30)15-21-25-24(32-26-21)19-8-5-9-20(14-19)31-2/h5,8-9,14,17-18H,3-4,6-7,10-13,15-16H2,1-2H3. The predicted molar refractivity (Wildman–Crippen MR) is 119 cm³/mol. The van der Waals surface area contributed by atoms with E-state index in [4.69, 9.17) is 9.26 Å². The van der Waals surface area contributed by atoms with Gasteiger partial charge in [-0.15, -0.1) is 0 Å². The Morgan fingerprint density at radius 2 is 2.00 bits per heavy atom. The molecule has 2 aromatic rings. The summed E-state index contributed by atoms with van der Waals surface area (Å²) in [5.41, 5.74) is 0.744. The lowest BCUT2D eigenvalue weighted by atomic mass is 10.0. The van der Waals surface area contributed by atoms with Crippen LogP contribution in [0.5, 0.6) is 5.75 Å². The highest BCUT2D eigenvalue weighted by molar-refractivity contribution is 5.80. The number of piperazine rings is 1. The van der Waals surface area contributed by atoms with E-state index in [0.29, 0.717) is 49.4 Å². The average Bonchev–Trinajstić information content (AvgIpc) is 3.49. The molecule has 2 amide bonds. The normalized spacial score (nSPS) is 19.4. The smallest absolute Gasteiger partial charge is 0.258 e. The van der Waals surface area contributed by atoms with Crippen LogP contribution in [0.25, 0.3) is 11.5 Å². The first kappa shape index (κ1) is 22.3. The molecule has 1 aliphatic heterocycles. The molecule has 1 saturated carbocycles. The van der Waals surface area contributed by atoms with Crippen LogP contribution in [0.15, 0.2) is 28.8 Å². The van der Waals surface area contributed by atoms with Gasteiger partial charge < -0.3 is 19.1 Å². The Kier molecular flexibility index (Phi) is 7.07. The number of nitrogens with zero attached hydrogens (tertiary/aromatic N) is 4. The molecule has 8 nitrogen and oxygen atoms in total. The molecule has 1 aromatic carbocycles. The number of ether oxygens (including phenoxy) is 1. The molecule has 0 radical (unpaired) electrons. The third-order valence-electron chi connectivity index (χ3n) is 6.64. The second-order valence-corrected chi connectivity index (χ2v) is 8.89. The quantitative estimate of drug-likeness (QED) is 0.656. The number of amides is 2. The Morgan fingerprint density at radius 1 is 1.19 bits per heavy atom. The average molecular weight is 441 g/mol. The maximum Gasteiger partial charge on any atom is 0.258 e. The van der Waals surface area contributed by atoms with Crippen molar-refractivity contribution in [3.63, 3.8) is 0 Å². The van der Waals surface area contributed by atoms with Crippen LogP contribution in [0, 0.1) is 5.92 Å². The van der Waals surface area contributed by atoms with E-state index in [1.54, 1.807) is 12.0 Å². The first-order valence-electron chi connectivity index (χ1n) is 11.6. The van der Waals surface area contributed by atoms with Crippen LogP contribution < -0.4 is 4.74 Å². The number of methoxy groups -OCH3 is 1. The van der Waals surface area contributed by atoms with Crippen LogP contribution in [0.1, 0.15) is 51.3 Å². The summed E-state index contributed by atoms with van der Waals surface area (Å²) >= 11 is 0. The van der Waals surface area contributed by atoms with Gasteiger partial charge in [0.25, 0.3) is 5.89 Å².